The quantitative estimate of drug-likeness (QED) is 0.714. The second-order valence-electron chi connectivity index (χ2n) is 5.13. The lowest BCUT2D eigenvalue weighted by molar-refractivity contribution is 0.311. The van der Waals surface area contributed by atoms with Crippen molar-refractivity contribution in [2.75, 3.05) is 27.2 Å². The van der Waals surface area contributed by atoms with Crippen LogP contribution in [0.1, 0.15) is 24.8 Å². The molecule has 1 aromatic rings. The number of para-hydroxylation sites is 1. The number of rotatable bonds is 8. The smallest absolute Gasteiger partial charge is 0.123 e. The number of benzene rings is 1. The maximum absolute atomic E-state index is 5.37. The van der Waals surface area contributed by atoms with Crippen molar-refractivity contribution < 1.29 is 4.74 Å². The van der Waals surface area contributed by atoms with Crippen LogP contribution >= 0.6 is 0 Å². The molecule has 0 atom stereocenters. The van der Waals surface area contributed by atoms with E-state index >= 15 is 0 Å². The number of hydrogen-bond acceptors (Lipinski definition) is 3. The Hall–Kier alpha value is -1.06. The van der Waals surface area contributed by atoms with E-state index in [1.54, 1.807) is 7.11 Å². The fourth-order valence-corrected chi connectivity index (χ4v) is 2.15. The summed E-state index contributed by atoms with van der Waals surface area (Å²) in [4.78, 5) is 2.35. The summed E-state index contributed by atoms with van der Waals surface area (Å²) in [7, 11) is 3.90. The van der Waals surface area contributed by atoms with Crippen molar-refractivity contribution in [1.82, 2.24) is 10.2 Å². The van der Waals surface area contributed by atoms with Crippen LogP contribution in [0, 0.1) is 0 Å². The molecule has 0 aromatic heterocycles. The molecular formula is C15H24N2O. The summed E-state index contributed by atoms with van der Waals surface area (Å²) >= 11 is 0. The van der Waals surface area contributed by atoms with E-state index in [1.165, 1.54) is 24.8 Å². The van der Waals surface area contributed by atoms with Gasteiger partial charge in [0.15, 0.2) is 0 Å². The first kappa shape index (κ1) is 13.4. The van der Waals surface area contributed by atoms with Crippen LogP contribution in [0.25, 0.3) is 0 Å². The summed E-state index contributed by atoms with van der Waals surface area (Å²) in [5, 5.41) is 3.55. The highest BCUT2D eigenvalue weighted by Crippen LogP contribution is 2.19. The van der Waals surface area contributed by atoms with Gasteiger partial charge in [-0.25, -0.2) is 0 Å². The highest BCUT2D eigenvalue weighted by molar-refractivity contribution is 5.32. The predicted octanol–water partition coefficient (Wildman–Crippen LogP) is 2.27. The molecule has 1 aromatic carbocycles. The Morgan fingerprint density at radius 3 is 2.83 bits per heavy atom. The van der Waals surface area contributed by atoms with E-state index in [9.17, 15) is 0 Å². The fourth-order valence-electron chi connectivity index (χ4n) is 2.15. The topological polar surface area (TPSA) is 24.5 Å². The van der Waals surface area contributed by atoms with Crippen LogP contribution < -0.4 is 10.1 Å². The van der Waals surface area contributed by atoms with Crippen molar-refractivity contribution in [1.29, 1.82) is 0 Å². The van der Waals surface area contributed by atoms with E-state index in [1.807, 2.05) is 12.1 Å². The molecule has 0 amide bonds. The maximum atomic E-state index is 5.37. The standard InChI is InChI=1S/C15H24N2O/c1-17(11-5-10-16-14-8-9-14)12-13-6-3-4-7-15(13)18-2/h3-4,6-7,14,16H,5,8-12H2,1-2H3. The molecule has 18 heavy (non-hydrogen) atoms. The maximum Gasteiger partial charge on any atom is 0.123 e. The Morgan fingerprint density at radius 1 is 1.33 bits per heavy atom. The van der Waals surface area contributed by atoms with Gasteiger partial charge in [0.1, 0.15) is 5.75 Å². The summed E-state index contributed by atoms with van der Waals surface area (Å²) in [5.41, 5.74) is 1.26. The minimum absolute atomic E-state index is 0.824. The van der Waals surface area contributed by atoms with Crippen molar-refractivity contribution in [3.63, 3.8) is 0 Å². The van der Waals surface area contributed by atoms with Crippen molar-refractivity contribution in [3.8, 4) is 5.75 Å². The van der Waals surface area contributed by atoms with Gasteiger partial charge in [-0.3, -0.25) is 0 Å². The molecule has 1 aliphatic rings. The molecule has 2 rings (SSSR count). The highest BCUT2D eigenvalue weighted by Gasteiger charge is 2.19. The van der Waals surface area contributed by atoms with Gasteiger partial charge in [0.2, 0.25) is 0 Å². The van der Waals surface area contributed by atoms with Gasteiger partial charge >= 0.3 is 0 Å². The summed E-state index contributed by atoms with van der Waals surface area (Å²) < 4.78 is 5.37. The molecule has 0 aliphatic heterocycles. The Labute approximate surface area is 110 Å². The van der Waals surface area contributed by atoms with Gasteiger partial charge in [-0.15, -0.1) is 0 Å². The summed E-state index contributed by atoms with van der Waals surface area (Å²) in [6.07, 6.45) is 3.95. The minimum Gasteiger partial charge on any atom is -0.496 e. The molecule has 3 nitrogen and oxygen atoms in total. The number of nitrogens with zero attached hydrogens (tertiary/aromatic N) is 1. The van der Waals surface area contributed by atoms with E-state index in [4.69, 9.17) is 4.74 Å². The average molecular weight is 248 g/mol. The number of ether oxygens (including phenoxy) is 1. The Bertz CT molecular complexity index is 363. The molecule has 0 bridgehead atoms. The largest absolute Gasteiger partial charge is 0.496 e. The van der Waals surface area contributed by atoms with E-state index in [2.05, 4.69) is 29.4 Å². The zero-order valence-electron chi connectivity index (χ0n) is 11.5. The van der Waals surface area contributed by atoms with E-state index in [0.29, 0.717) is 0 Å². The molecule has 0 unspecified atom stereocenters. The fraction of sp³-hybridized carbons (Fsp3) is 0.600. The molecule has 1 saturated carbocycles. The molecule has 0 spiro atoms. The zero-order valence-corrected chi connectivity index (χ0v) is 11.5. The number of nitrogens with one attached hydrogen (secondary N) is 1. The summed E-state index contributed by atoms with van der Waals surface area (Å²) in [6, 6.07) is 9.07. The number of methoxy groups -OCH3 is 1. The lowest BCUT2D eigenvalue weighted by Gasteiger charge is -2.18. The Morgan fingerprint density at radius 2 is 2.11 bits per heavy atom. The van der Waals surface area contributed by atoms with Gasteiger partial charge < -0.3 is 15.0 Å². The Balaban J connectivity index is 1.70. The third kappa shape index (κ3) is 4.31. The Kier molecular flexibility index (Phi) is 5.02. The van der Waals surface area contributed by atoms with Crippen LogP contribution in [0.5, 0.6) is 5.75 Å². The van der Waals surface area contributed by atoms with E-state index in [0.717, 1.165) is 31.4 Å². The second-order valence-corrected chi connectivity index (χ2v) is 5.13. The minimum atomic E-state index is 0.824. The van der Waals surface area contributed by atoms with Crippen molar-refractivity contribution in [2.24, 2.45) is 0 Å². The van der Waals surface area contributed by atoms with Gasteiger partial charge in [0, 0.05) is 18.2 Å². The van der Waals surface area contributed by atoms with Crippen molar-refractivity contribution in [2.45, 2.75) is 31.8 Å². The summed E-state index contributed by atoms with van der Waals surface area (Å²) in [6.45, 7) is 3.21. The monoisotopic (exact) mass is 248 g/mol. The molecule has 1 aliphatic carbocycles. The summed E-state index contributed by atoms with van der Waals surface area (Å²) in [5.74, 6) is 0.987. The molecular weight excluding hydrogens is 224 g/mol. The van der Waals surface area contributed by atoms with Crippen LogP contribution in [0.15, 0.2) is 24.3 Å². The van der Waals surface area contributed by atoms with Crippen molar-refractivity contribution in [3.05, 3.63) is 29.8 Å². The first-order valence-electron chi connectivity index (χ1n) is 6.83. The molecule has 0 heterocycles. The van der Waals surface area contributed by atoms with Gasteiger partial charge in [-0.05, 0) is 45.5 Å². The third-order valence-electron chi connectivity index (χ3n) is 3.36. The molecule has 0 saturated heterocycles. The molecule has 0 radical (unpaired) electrons. The SMILES string of the molecule is COc1ccccc1CN(C)CCCNC1CC1. The van der Waals surface area contributed by atoms with E-state index in [-0.39, 0.29) is 0 Å². The molecule has 3 heteroatoms. The first-order valence-corrected chi connectivity index (χ1v) is 6.83. The highest BCUT2D eigenvalue weighted by atomic mass is 16.5. The molecule has 100 valence electrons. The van der Waals surface area contributed by atoms with Gasteiger partial charge in [0.05, 0.1) is 7.11 Å². The van der Waals surface area contributed by atoms with Gasteiger partial charge in [-0.1, -0.05) is 18.2 Å². The van der Waals surface area contributed by atoms with Crippen LogP contribution in [-0.4, -0.2) is 38.2 Å². The van der Waals surface area contributed by atoms with Crippen LogP contribution in [0.4, 0.5) is 0 Å². The average Bonchev–Trinajstić information content (AvgIpc) is 3.19. The first-order chi connectivity index (χ1) is 8.79. The lowest BCUT2D eigenvalue weighted by Crippen LogP contribution is -2.25. The van der Waals surface area contributed by atoms with Gasteiger partial charge in [-0.2, -0.15) is 0 Å². The van der Waals surface area contributed by atoms with Crippen LogP contribution in [0.3, 0.4) is 0 Å². The van der Waals surface area contributed by atoms with Crippen LogP contribution in [0.2, 0.25) is 0 Å². The number of hydrogen-bond donors (Lipinski definition) is 1. The molecule has 1 N–H and O–H groups in total. The zero-order chi connectivity index (χ0) is 12.8. The van der Waals surface area contributed by atoms with E-state index < -0.39 is 0 Å². The normalized spacial score (nSPS) is 15.1. The van der Waals surface area contributed by atoms with Gasteiger partial charge in [0.25, 0.3) is 0 Å². The predicted molar refractivity (Wildman–Crippen MR) is 75.0 cm³/mol. The van der Waals surface area contributed by atoms with Crippen molar-refractivity contribution >= 4 is 0 Å². The third-order valence-corrected chi connectivity index (χ3v) is 3.36. The molecule has 1 fully saturated rings. The van der Waals surface area contributed by atoms with Crippen LogP contribution in [-0.2, 0) is 6.54 Å². The lowest BCUT2D eigenvalue weighted by atomic mass is 10.2. The second kappa shape index (κ2) is 6.76.